The third-order valence-corrected chi connectivity index (χ3v) is 6.00. The van der Waals surface area contributed by atoms with Gasteiger partial charge in [0.05, 0.1) is 25.5 Å². The highest BCUT2D eigenvalue weighted by Gasteiger charge is 2.18. The van der Waals surface area contributed by atoms with Crippen LogP contribution in [0.1, 0.15) is 17.5 Å². The lowest BCUT2D eigenvalue weighted by atomic mass is 10.1. The Kier molecular flexibility index (Phi) is 6.55. The molecule has 1 aliphatic heterocycles. The van der Waals surface area contributed by atoms with Gasteiger partial charge >= 0.3 is 0 Å². The number of carbonyl (C=O) groups excluding carboxylic acids is 1. The lowest BCUT2D eigenvalue weighted by Gasteiger charge is -2.09. The first-order chi connectivity index (χ1) is 17.2. The van der Waals surface area contributed by atoms with Crippen LogP contribution >= 0.6 is 11.3 Å². The number of hydrogen-bond acceptors (Lipinski definition) is 7. The van der Waals surface area contributed by atoms with Crippen molar-refractivity contribution in [3.63, 3.8) is 0 Å². The highest BCUT2D eigenvalue weighted by atomic mass is 32.1. The number of nitrogens with zero attached hydrogens (tertiary/aromatic N) is 4. The van der Waals surface area contributed by atoms with Crippen LogP contribution in [-0.4, -0.2) is 33.9 Å². The van der Waals surface area contributed by atoms with E-state index in [1.807, 2.05) is 60.8 Å². The van der Waals surface area contributed by atoms with Crippen LogP contribution in [0.5, 0.6) is 11.5 Å². The Morgan fingerprint density at radius 3 is 2.77 bits per heavy atom. The van der Waals surface area contributed by atoms with Gasteiger partial charge in [-0.3, -0.25) is 14.8 Å². The molecule has 174 valence electrons. The summed E-state index contributed by atoms with van der Waals surface area (Å²) in [6.07, 6.45) is 5.78. The van der Waals surface area contributed by atoms with Gasteiger partial charge in [0.25, 0.3) is 5.91 Å². The number of rotatable bonds is 6. The van der Waals surface area contributed by atoms with Crippen LogP contribution in [0, 0.1) is 11.3 Å². The molecule has 0 atom stereocenters. The Balaban J connectivity index is 1.53. The summed E-state index contributed by atoms with van der Waals surface area (Å²) in [5.41, 5.74) is 3.10. The lowest BCUT2D eigenvalue weighted by Crippen LogP contribution is -2.13. The summed E-state index contributed by atoms with van der Waals surface area (Å²) >= 11 is 1.28. The van der Waals surface area contributed by atoms with Gasteiger partial charge in [-0.05, 0) is 29.8 Å². The molecule has 9 heteroatoms. The summed E-state index contributed by atoms with van der Waals surface area (Å²) in [6.45, 7) is 1.71. The Labute approximate surface area is 206 Å². The van der Waals surface area contributed by atoms with Crippen molar-refractivity contribution in [2.45, 2.75) is 13.0 Å². The summed E-state index contributed by atoms with van der Waals surface area (Å²) in [7, 11) is 0. The standard InChI is InChI=1S/C26H21N5O3S/c27-15-20(25(32)29-26-28-9-12-35-26)13-21-17-31(16-18-5-2-1-3-6-18)30-24(21)19-7-8-22-23(14-19)34-11-4-10-33-22/h1-3,5-9,12-14,17H,4,10-11,16H2,(H,28,29,32)/b20-13+. The number of aromatic nitrogens is 3. The maximum atomic E-state index is 12.7. The molecule has 0 radical (unpaired) electrons. The molecule has 2 aromatic carbocycles. The van der Waals surface area contributed by atoms with Crippen molar-refractivity contribution >= 4 is 28.5 Å². The number of amides is 1. The minimum Gasteiger partial charge on any atom is -0.490 e. The zero-order chi connectivity index (χ0) is 24.0. The highest BCUT2D eigenvalue weighted by Crippen LogP contribution is 2.35. The van der Waals surface area contributed by atoms with Crippen LogP contribution in [0.2, 0.25) is 0 Å². The molecule has 0 saturated heterocycles. The molecular weight excluding hydrogens is 462 g/mol. The summed E-state index contributed by atoms with van der Waals surface area (Å²) in [5.74, 6) is 0.810. The van der Waals surface area contributed by atoms with Gasteiger partial charge in [-0.1, -0.05) is 30.3 Å². The van der Waals surface area contributed by atoms with E-state index in [0.717, 1.165) is 17.5 Å². The summed E-state index contributed by atoms with van der Waals surface area (Å²) in [4.78, 5) is 16.8. The van der Waals surface area contributed by atoms with Gasteiger partial charge in [0, 0.05) is 35.3 Å². The molecule has 0 aliphatic carbocycles. The normalized spacial score (nSPS) is 13.1. The number of anilines is 1. The number of benzene rings is 2. The van der Waals surface area contributed by atoms with E-state index in [2.05, 4.69) is 10.3 Å². The number of hydrogen-bond donors (Lipinski definition) is 1. The van der Waals surface area contributed by atoms with E-state index in [0.29, 0.717) is 47.6 Å². The van der Waals surface area contributed by atoms with E-state index in [1.165, 1.54) is 11.3 Å². The van der Waals surface area contributed by atoms with Gasteiger partial charge in [0.2, 0.25) is 0 Å². The molecule has 5 rings (SSSR count). The second-order valence-electron chi connectivity index (χ2n) is 7.79. The predicted octanol–water partition coefficient (Wildman–Crippen LogP) is 4.76. The largest absolute Gasteiger partial charge is 0.490 e. The topological polar surface area (TPSA) is 102 Å². The van der Waals surface area contributed by atoms with E-state index in [4.69, 9.17) is 14.6 Å². The number of nitriles is 1. The van der Waals surface area contributed by atoms with Gasteiger partial charge < -0.3 is 9.47 Å². The number of fused-ring (bicyclic) bond motifs is 1. The average molecular weight is 484 g/mol. The van der Waals surface area contributed by atoms with Crippen LogP contribution in [0.4, 0.5) is 5.13 Å². The lowest BCUT2D eigenvalue weighted by molar-refractivity contribution is -0.112. The fourth-order valence-electron chi connectivity index (χ4n) is 3.68. The second kappa shape index (κ2) is 10.2. The average Bonchev–Trinajstić information content (AvgIpc) is 3.46. The van der Waals surface area contributed by atoms with E-state index < -0.39 is 5.91 Å². The van der Waals surface area contributed by atoms with Crippen LogP contribution in [0.25, 0.3) is 17.3 Å². The number of thiazole rings is 1. The number of carbonyl (C=O) groups is 1. The van der Waals surface area contributed by atoms with Crippen molar-refractivity contribution < 1.29 is 14.3 Å². The number of ether oxygens (including phenoxy) is 2. The van der Waals surface area contributed by atoms with E-state index in [9.17, 15) is 10.1 Å². The zero-order valence-corrected chi connectivity index (χ0v) is 19.5. The highest BCUT2D eigenvalue weighted by molar-refractivity contribution is 7.13. The van der Waals surface area contributed by atoms with Gasteiger partial charge in [-0.25, -0.2) is 4.98 Å². The summed E-state index contributed by atoms with van der Waals surface area (Å²) in [5, 5.41) is 19.4. The van der Waals surface area contributed by atoms with Crippen molar-refractivity contribution in [1.29, 1.82) is 5.26 Å². The molecule has 0 unspecified atom stereocenters. The van der Waals surface area contributed by atoms with Crippen molar-refractivity contribution in [2.75, 3.05) is 18.5 Å². The molecule has 1 N–H and O–H groups in total. The summed E-state index contributed by atoms with van der Waals surface area (Å²) < 4.78 is 13.4. The Hall–Kier alpha value is -4.42. The van der Waals surface area contributed by atoms with E-state index in [1.54, 1.807) is 22.3 Å². The van der Waals surface area contributed by atoms with E-state index >= 15 is 0 Å². The molecule has 0 bridgehead atoms. The third-order valence-electron chi connectivity index (χ3n) is 5.32. The molecule has 0 saturated carbocycles. The molecule has 2 aromatic heterocycles. The smallest absolute Gasteiger partial charge is 0.268 e. The fourth-order valence-corrected chi connectivity index (χ4v) is 4.21. The summed E-state index contributed by atoms with van der Waals surface area (Å²) in [6, 6.07) is 17.6. The Morgan fingerprint density at radius 1 is 1.17 bits per heavy atom. The van der Waals surface area contributed by atoms with Crippen LogP contribution in [0.3, 0.4) is 0 Å². The third kappa shape index (κ3) is 5.23. The second-order valence-corrected chi connectivity index (χ2v) is 8.68. The molecule has 1 amide bonds. The van der Waals surface area contributed by atoms with Crippen molar-refractivity contribution in [3.8, 4) is 28.8 Å². The van der Waals surface area contributed by atoms with Crippen LogP contribution in [-0.2, 0) is 11.3 Å². The Bertz CT molecular complexity index is 1400. The first kappa shape index (κ1) is 22.4. The van der Waals surface area contributed by atoms with Crippen molar-refractivity contribution in [1.82, 2.24) is 14.8 Å². The molecule has 3 heterocycles. The number of nitrogens with one attached hydrogen (secondary N) is 1. The fraction of sp³-hybridized carbons (Fsp3) is 0.154. The van der Waals surface area contributed by atoms with Crippen molar-refractivity contribution in [3.05, 3.63) is 83.0 Å². The van der Waals surface area contributed by atoms with Crippen LogP contribution < -0.4 is 14.8 Å². The molecule has 1 aliphatic rings. The predicted molar refractivity (Wildman–Crippen MR) is 133 cm³/mol. The van der Waals surface area contributed by atoms with Crippen molar-refractivity contribution in [2.24, 2.45) is 0 Å². The SMILES string of the molecule is N#C/C(=C\c1cn(Cc2ccccc2)nc1-c1ccc2c(c1)OCCCO2)C(=O)Nc1nccs1. The zero-order valence-electron chi connectivity index (χ0n) is 18.7. The minimum atomic E-state index is -0.525. The van der Waals surface area contributed by atoms with Gasteiger partial charge in [0.1, 0.15) is 11.6 Å². The first-order valence-corrected chi connectivity index (χ1v) is 11.9. The molecule has 35 heavy (non-hydrogen) atoms. The maximum Gasteiger partial charge on any atom is 0.268 e. The minimum absolute atomic E-state index is 0.0462. The first-order valence-electron chi connectivity index (χ1n) is 11.0. The Morgan fingerprint density at radius 2 is 2.00 bits per heavy atom. The molecule has 8 nitrogen and oxygen atoms in total. The van der Waals surface area contributed by atoms with Gasteiger partial charge in [0.15, 0.2) is 16.6 Å². The van der Waals surface area contributed by atoms with Gasteiger partial charge in [-0.15, -0.1) is 11.3 Å². The monoisotopic (exact) mass is 483 g/mol. The maximum absolute atomic E-state index is 12.7. The molecule has 4 aromatic rings. The quantitative estimate of drug-likeness (QED) is 0.313. The molecule has 0 fully saturated rings. The van der Waals surface area contributed by atoms with E-state index in [-0.39, 0.29) is 5.57 Å². The molecular formula is C26H21N5O3S. The molecule has 0 spiro atoms. The van der Waals surface area contributed by atoms with Crippen LogP contribution in [0.15, 0.2) is 71.9 Å². The van der Waals surface area contributed by atoms with Gasteiger partial charge in [-0.2, -0.15) is 10.4 Å².